The number of esters is 1. The van der Waals surface area contributed by atoms with Gasteiger partial charge in [-0.25, -0.2) is 4.79 Å². The summed E-state index contributed by atoms with van der Waals surface area (Å²) in [5, 5.41) is 2.57. The summed E-state index contributed by atoms with van der Waals surface area (Å²) in [6, 6.07) is -0.424. The number of carbonyl (C=O) groups excluding carboxylic acids is 2. The SMILES string of the molecule is CCOC(=O)[C@H]1C[C@@H](C)C(=O)N1. The number of ether oxygens (including phenoxy) is 1. The van der Waals surface area contributed by atoms with Gasteiger partial charge in [-0.15, -0.1) is 0 Å². The van der Waals surface area contributed by atoms with E-state index >= 15 is 0 Å². The molecule has 0 saturated carbocycles. The van der Waals surface area contributed by atoms with E-state index in [9.17, 15) is 9.59 Å². The van der Waals surface area contributed by atoms with Gasteiger partial charge in [-0.05, 0) is 13.3 Å². The van der Waals surface area contributed by atoms with Gasteiger partial charge in [-0.1, -0.05) is 6.92 Å². The first kappa shape index (κ1) is 9.03. The summed E-state index contributed by atoms with van der Waals surface area (Å²) in [7, 11) is 0. The van der Waals surface area contributed by atoms with Crippen molar-refractivity contribution in [1.82, 2.24) is 5.32 Å². The van der Waals surface area contributed by atoms with Gasteiger partial charge in [-0.3, -0.25) is 4.79 Å². The van der Waals surface area contributed by atoms with Crippen molar-refractivity contribution < 1.29 is 14.3 Å². The molecule has 0 aromatic rings. The quantitative estimate of drug-likeness (QED) is 0.598. The van der Waals surface area contributed by atoms with Crippen LogP contribution in [-0.4, -0.2) is 24.5 Å². The molecule has 0 spiro atoms. The first-order chi connectivity index (χ1) is 5.65. The van der Waals surface area contributed by atoms with Gasteiger partial charge in [0.1, 0.15) is 6.04 Å². The van der Waals surface area contributed by atoms with Crippen molar-refractivity contribution in [3.05, 3.63) is 0 Å². The van der Waals surface area contributed by atoms with Crippen LogP contribution < -0.4 is 5.32 Å². The van der Waals surface area contributed by atoms with E-state index in [1.165, 1.54) is 0 Å². The Labute approximate surface area is 71.3 Å². The van der Waals surface area contributed by atoms with Crippen LogP contribution in [0, 0.1) is 5.92 Å². The maximum atomic E-state index is 11.1. The third kappa shape index (κ3) is 1.75. The first-order valence-corrected chi connectivity index (χ1v) is 4.12. The van der Waals surface area contributed by atoms with Crippen molar-refractivity contribution in [2.24, 2.45) is 5.92 Å². The highest BCUT2D eigenvalue weighted by molar-refractivity contribution is 5.89. The largest absolute Gasteiger partial charge is 0.464 e. The molecule has 1 amide bonds. The highest BCUT2D eigenvalue weighted by Crippen LogP contribution is 2.15. The van der Waals surface area contributed by atoms with Gasteiger partial charge in [0.2, 0.25) is 5.91 Å². The molecule has 2 atom stereocenters. The number of carbonyl (C=O) groups is 2. The summed E-state index contributed by atoms with van der Waals surface area (Å²) in [4.78, 5) is 22.1. The Bertz CT molecular complexity index is 202. The normalized spacial score (nSPS) is 28.3. The average molecular weight is 171 g/mol. The highest BCUT2D eigenvalue weighted by Gasteiger charge is 2.33. The van der Waals surface area contributed by atoms with Gasteiger partial charge in [0, 0.05) is 5.92 Å². The van der Waals surface area contributed by atoms with Crippen LogP contribution in [0.1, 0.15) is 20.3 Å². The second-order valence-electron chi connectivity index (χ2n) is 2.95. The zero-order chi connectivity index (χ0) is 9.14. The van der Waals surface area contributed by atoms with Crippen LogP contribution in [-0.2, 0) is 14.3 Å². The zero-order valence-corrected chi connectivity index (χ0v) is 7.29. The highest BCUT2D eigenvalue weighted by atomic mass is 16.5. The molecule has 1 fully saturated rings. The first-order valence-electron chi connectivity index (χ1n) is 4.12. The van der Waals surface area contributed by atoms with E-state index in [0.29, 0.717) is 13.0 Å². The fourth-order valence-corrected chi connectivity index (χ4v) is 1.23. The Kier molecular flexibility index (Phi) is 2.68. The summed E-state index contributed by atoms with van der Waals surface area (Å²) in [5.74, 6) is -0.456. The van der Waals surface area contributed by atoms with E-state index in [-0.39, 0.29) is 17.8 Å². The van der Waals surface area contributed by atoms with Crippen molar-refractivity contribution in [3.63, 3.8) is 0 Å². The molecule has 0 unspecified atom stereocenters. The summed E-state index contributed by atoms with van der Waals surface area (Å²) in [6.07, 6.45) is 0.553. The lowest BCUT2D eigenvalue weighted by Crippen LogP contribution is -2.34. The molecule has 1 aliphatic heterocycles. The molecule has 4 heteroatoms. The Morgan fingerprint density at radius 2 is 2.42 bits per heavy atom. The molecule has 0 radical (unpaired) electrons. The minimum Gasteiger partial charge on any atom is -0.464 e. The second kappa shape index (κ2) is 3.56. The van der Waals surface area contributed by atoms with Crippen LogP contribution in [0.4, 0.5) is 0 Å². The van der Waals surface area contributed by atoms with Crippen LogP contribution in [0.25, 0.3) is 0 Å². The maximum Gasteiger partial charge on any atom is 0.328 e. The Balaban J connectivity index is 2.46. The Hall–Kier alpha value is -1.06. The van der Waals surface area contributed by atoms with Crippen molar-refractivity contribution >= 4 is 11.9 Å². The molecule has 0 aliphatic carbocycles. The molecule has 1 heterocycles. The van der Waals surface area contributed by atoms with Gasteiger partial charge in [0.05, 0.1) is 6.61 Å². The van der Waals surface area contributed by atoms with Crippen LogP contribution >= 0.6 is 0 Å². The summed E-state index contributed by atoms with van der Waals surface area (Å²) >= 11 is 0. The second-order valence-corrected chi connectivity index (χ2v) is 2.95. The van der Waals surface area contributed by atoms with Crippen molar-refractivity contribution in [2.45, 2.75) is 26.3 Å². The summed E-state index contributed by atoms with van der Waals surface area (Å²) < 4.78 is 4.77. The lowest BCUT2D eigenvalue weighted by atomic mass is 10.1. The summed E-state index contributed by atoms with van der Waals surface area (Å²) in [5.41, 5.74) is 0. The zero-order valence-electron chi connectivity index (χ0n) is 7.29. The average Bonchev–Trinajstić information content (AvgIpc) is 2.33. The standard InChI is InChI=1S/C8H13NO3/c1-3-12-8(11)6-4-5(2)7(10)9-6/h5-6H,3-4H2,1-2H3,(H,9,10)/t5-,6-/m1/s1. The van der Waals surface area contributed by atoms with Gasteiger partial charge >= 0.3 is 5.97 Å². The minimum atomic E-state index is -0.424. The van der Waals surface area contributed by atoms with E-state index in [4.69, 9.17) is 4.74 Å². The number of rotatable bonds is 2. The molecule has 12 heavy (non-hydrogen) atoms. The van der Waals surface area contributed by atoms with E-state index in [1.807, 2.05) is 0 Å². The Morgan fingerprint density at radius 1 is 1.75 bits per heavy atom. The van der Waals surface area contributed by atoms with Crippen LogP contribution in [0.15, 0.2) is 0 Å². The number of amides is 1. The molecule has 0 aromatic heterocycles. The molecule has 1 rings (SSSR count). The topological polar surface area (TPSA) is 55.4 Å². The minimum absolute atomic E-state index is 0.0620. The van der Waals surface area contributed by atoms with Crippen LogP contribution in [0.5, 0.6) is 0 Å². The fourth-order valence-electron chi connectivity index (χ4n) is 1.23. The smallest absolute Gasteiger partial charge is 0.328 e. The fraction of sp³-hybridized carbons (Fsp3) is 0.750. The van der Waals surface area contributed by atoms with E-state index < -0.39 is 6.04 Å². The van der Waals surface area contributed by atoms with Gasteiger partial charge in [0.25, 0.3) is 0 Å². The molecule has 1 saturated heterocycles. The molecule has 4 nitrogen and oxygen atoms in total. The van der Waals surface area contributed by atoms with Crippen LogP contribution in [0.2, 0.25) is 0 Å². The van der Waals surface area contributed by atoms with Crippen molar-refractivity contribution in [3.8, 4) is 0 Å². The van der Waals surface area contributed by atoms with E-state index in [2.05, 4.69) is 5.32 Å². The lowest BCUT2D eigenvalue weighted by molar-refractivity contribution is -0.145. The summed E-state index contributed by atoms with van der Waals surface area (Å²) in [6.45, 7) is 3.91. The van der Waals surface area contributed by atoms with E-state index in [1.54, 1.807) is 13.8 Å². The predicted octanol–water partition coefficient (Wildman–Crippen LogP) is 0.0741. The van der Waals surface area contributed by atoms with Gasteiger partial charge in [-0.2, -0.15) is 0 Å². The third-order valence-electron chi connectivity index (χ3n) is 1.92. The van der Waals surface area contributed by atoms with E-state index in [0.717, 1.165) is 0 Å². The predicted molar refractivity (Wildman–Crippen MR) is 42.3 cm³/mol. The molecule has 0 aromatic carbocycles. The van der Waals surface area contributed by atoms with Crippen molar-refractivity contribution in [1.29, 1.82) is 0 Å². The third-order valence-corrected chi connectivity index (χ3v) is 1.92. The molecule has 68 valence electrons. The molecular weight excluding hydrogens is 158 g/mol. The maximum absolute atomic E-state index is 11.1. The number of hydrogen-bond donors (Lipinski definition) is 1. The lowest BCUT2D eigenvalue weighted by Gasteiger charge is -2.07. The Morgan fingerprint density at radius 3 is 2.83 bits per heavy atom. The van der Waals surface area contributed by atoms with Gasteiger partial charge < -0.3 is 10.1 Å². The molecule has 1 aliphatic rings. The number of hydrogen-bond acceptors (Lipinski definition) is 3. The van der Waals surface area contributed by atoms with Gasteiger partial charge in [0.15, 0.2) is 0 Å². The monoisotopic (exact) mass is 171 g/mol. The molecule has 0 bridgehead atoms. The number of nitrogens with one attached hydrogen (secondary N) is 1. The molecule has 1 N–H and O–H groups in total. The van der Waals surface area contributed by atoms with Crippen molar-refractivity contribution in [2.75, 3.05) is 6.61 Å². The molecular formula is C8H13NO3. The van der Waals surface area contributed by atoms with Crippen LogP contribution in [0.3, 0.4) is 0 Å².